The van der Waals surface area contributed by atoms with Gasteiger partial charge in [-0.3, -0.25) is 4.79 Å². The van der Waals surface area contributed by atoms with Crippen molar-refractivity contribution in [2.24, 2.45) is 0 Å². The number of aliphatic hydroxyl groups excluding tert-OH is 1. The molecule has 0 radical (unpaired) electrons. The zero-order valence-corrected chi connectivity index (χ0v) is 13.8. The molecule has 1 atom stereocenters. The van der Waals surface area contributed by atoms with E-state index in [0.29, 0.717) is 19.4 Å². The molecule has 2 aromatic carbocycles. The SMILES string of the molecule is O=C(c1c(O)cc(O)cc1OCc1ccccc1)N1CCC[C@@H](O)C1. The second-order valence-electron chi connectivity index (χ2n) is 6.16. The lowest BCUT2D eigenvalue weighted by molar-refractivity contribution is 0.0467. The molecule has 2 aromatic rings. The first-order valence-corrected chi connectivity index (χ1v) is 8.24. The number of nitrogens with zero attached hydrogens (tertiary/aromatic N) is 1. The van der Waals surface area contributed by atoms with Gasteiger partial charge in [-0.15, -0.1) is 0 Å². The number of likely N-dealkylation sites (tertiary alicyclic amines) is 1. The van der Waals surface area contributed by atoms with Gasteiger partial charge in [0.05, 0.1) is 6.10 Å². The summed E-state index contributed by atoms with van der Waals surface area (Å²) in [6.45, 7) is 0.929. The van der Waals surface area contributed by atoms with Crippen LogP contribution < -0.4 is 4.74 Å². The minimum absolute atomic E-state index is 0.00262. The van der Waals surface area contributed by atoms with Crippen LogP contribution >= 0.6 is 0 Å². The Bertz CT molecular complexity index is 747. The summed E-state index contributed by atoms with van der Waals surface area (Å²) in [6.07, 6.45) is 0.792. The van der Waals surface area contributed by atoms with Crippen molar-refractivity contribution in [3.8, 4) is 17.2 Å². The number of phenols is 2. The van der Waals surface area contributed by atoms with Gasteiger partial charge in [-0.05, 0) is 18.4 Å². The largest absolute Gasteiger partial charge is 0.508 e. The first kappa shape index (κ1) is 17.1. The van der Waals surface area contributed by atoms with Gasteiger partial charge in [0.15, 0.2) is 0 Å². The Morgan fingerprint density at radius 1 is 1.20 bits per heavy atom. The molecule has 0 bridgehead atoms. The van der Waals surface area contributed by atoms with Crippen molar-refractivity contribution in [3.05, 3.63) is 53.6 Å². The van der Waals surface area contributed by atoms with Crippen molar-refractivity contribution >= 4 is 5.91 Å². The van der Waals surface area contributed by atoms with Gasteiger partial charge in [-0.2, -0.15) is 0 Å². The number of benzene rings is 2. The van der Waals surface area contributed by atoms with E-state index in [1.165, 1.54) is 11.0 Å². The smallest absolute Gasteiger partial charge is 0.261 e. The van der Waals surface area contributed by atoms with Crippen molar-refractivity contribution in [2.75, 3.05) is 13.1 Å². The number of aromatic hydroxyl groups is 2. The van der Waals surface area contributed by atoms with Crippen LogP contribution in [0.15, 0.2) is 42.5 Å². The first-order valence-electron chi connectivity index (χ1n) is 8.24. The second-order valence-corrected chi connectivity index (χ2v) is 6.16. The molecule has 0 aromatic heterocycles. The zero-order valence-electron chi connectivity index (χ0n) is 13.8. The minimum atomic E-state index is -0.564. The molecular weight excluding hydrogens is 322 g/mol. The van der Waals surface area contributed by atoms with Gasteiger partial charge in [0.2, 0.25) is 0 Å². The Hall–Kier alpha value is -2.73. The van der Waals surface area contributed by atoms with Gasteiger partial charge < -0.3 is 25.0 Å². The predicted molar refractivity (Wildman–Crippen MR) is 91.7 cm³/mol. The topological polar surface area (TPSA) is 90.2 Å². The standard InChI is InChI=1S/C19H21NO5/c21-14-7-4-8-20(11-14)19(24)18-16(23)9-15(22)10-17(18)25-12-13-5-2-1-3-6-13/h1-3,5-6,9-10,14,21-23H,4,7-8,11-12H2/t14-/m1/s1. The van der Waals surface area contributed by atoms with E-state index in [9.17, 15) is 20.1 Å². The molecule has 0 saturated carbocycles. The molecule has 1 aliphatic rings. The summed E-state index contributed by atoms with van der Waals surface area (Å²) in [5.74, 6) is -0.824. The van der Waals surface area contributed by atoms with Crippen LogP contribution in [0.1, 0.15) is 28.8 Å². The van der Waals surface area contributed by atoms with E-state index >= 15 is 0 Å². The number of piperidine rings is 1. The second kappa shape index (κ2) is 7.44. The highest BCUT2D eigenvalue weighted by molar-refractivity contribution is 6.00. The van der Waals surface area contributed by atoms with Crippen molar-refractivity contribution in [1.29, 1.82) is 0 Å². The highest BCUT2D eigenvalue weighted by atomic mass is 16.5. The van der Waals surface area contributed by atoms with Crippen LogP contribution in [-0.2, 0) is 6.61 Å². The van der Waals surface area contributed by atoms with Gasteiger partial charge in [-0.25, -0.2) is 0 Å². The van der Waals surface area contributed by atoms with E-state index < -0.39 is 12.0 Å². The van der Waals surface area contributed by atoms with Crippen molar-refractivity contribution in [3.63, 3.8) is 0 Å². The van der Waals surface area contributed by atoms with Gasteiger partial charge in [0.25, 0.3) is 5.91 Å². The molecule has 6 nitrogen and oxygen atoms in total. The van der Waals surface area contributed by atoms with E-state index in [1.54, 1.807) is 0 Å². The van der Waals surface area contributed by atoms with E-state index in [2.05, 4.69) is 0 Å². The molecule has 1 aliphatic heterocycles. The molecular formula is C19H21NO5. The fourth-order valence-electron chi connectivity index (χ4n) is 2.95. The average Bonchev–Trinajstić information content (AvgIpc) is 2.60. The summed E-state index contributed by atoms with van der Waals surface area (Å²) in [7, 11) is 0. The zero-order chi connectivity index (χ0) is 17.8. The van der Waals surface area contributed by atoms with E-state index in [-0.39, 0.29) is 36.0 Å². The molecule has 3 N–H and O–H groups in total. The van der Waals surface area contributed by atoms with Crippen molar-refractivity contribution in [2.45, 2.75) is 25.6 Å². The number of carbonyl (C=O) groups is 1. The van der Waals surface area contributed by atoms with E-state index in [4.69, 9.17) is 4.74 Å². The molecule has 0 unspecified atom stereocenters. The van der Waals surface area contributed by atoms with Crippen LogP contribution in [0.3, 0.4) is 0 Å². The molecule has 3 rings (SSSR count). The van der Waals surface area contributed by atoms with Crippen molar-refractivity contribution < 1.29 is 24.9 Å². The van der Waals surface area contributed by atoms with Gasteiger partial charge >= 0.3 is 0 Å². The third-order valence-electron chi connectivity index (χ3n) is 4.20. The van der Waals surface area contributed by atoms with Crippen LogP contribution in [0.4, 0.5) is 0 Å². The Labute approximate surface area is 145 Å². The monoisotopic (exact) mass is 343 g/mol. The summed E-state index contributed by atoms with van der Waals surface area (Å²) in [5.41, 5.74) is 0.903. The maximum atomic E-state index is 12.8. The lowest BCUT2D eigenvalue weighted by atomic mass is 10.1. The highest BCUT2D eigenvalue weighted by Gasteiger charge is 2.28. The normalized spacial score (nSPS) is 17.3. The Morgan fingerprint density at radius 2 is 1.96 bits per heavy atom. The Morgan fingerprint density at radius 3 is 2.68 bits per heavy atom. The van der Waals surface area contributed by atoms with Crippen LogP contribution in [0.2, 0.25) is 0 Å². The molecule has 1 amide bonds. The number of carbonyl (C=O) groups excluding carboxylic acids is 1. The van der Waals surface area contributed by atoms with Crippen LogP contribution in [0, 0.1) is 0 Å². The molecule has 0 spiro atoms. The Balaban J connectivity index is 1.85. The predicted octanol–water partition coefficient (Wildman–Crippen LogP) is 2.27. The lowest BCUT2D eigenvalue weighted by Crippen LogP contribution is -2.42. The minimum Gasteiger partial charge on any atom is -0.508 e. The molecule has 0 aliphatic carbocycles. The summed E-state index contributed by atoms with van der Waals surface area (Å²) in [6, 6.07) is 11.8. The number of amides is 1. The number of aliphatic hydroxyl groups is 1. The van der Waals surface area contributed by atoms with E-state index in [0.717, 1.165) is 11.6 Å². The summed E-state index contributed by atoms with van der Waals surface area (Å²) < 4.78 is 5.69. The summed E-state index contributed by atoms with van der Waals surface area (Å²) >= 11 is 0. The number of hydrogen-bond donors (Lipinski definition) is 3. The van der Waals surface area contributed by atoms with Gasteiger partial charge in [0, 0.05) is 25.2 Å². The fourth-order valence-corrected chi connectivity index (χ4v) is 2.95. The quantitative estimate of drug-likeness (QED) is 0.792. The van der Waals surface area contributed by atoms with Crippen LogP contribution in [0.5, 0.6) is 17.2 Å². The number of β-amino-alcohol motifs (C(OH)–C–C–N with tert-alkyl or cyclic N) is 1. The van der Waals surface area contributed by atoms with Crippen molar-refractivity contribution in [1.82, 2.24) is 4.90 Å². The van der Waals surface area contributed by atoms with Crippen LogP contribution in [-0.4, -0.2) is 45.3 Å². The van der Waals surface area contributed by atoms with Crippen LogP contribution in [0.25, 0.3) is 0 Å². The first-order chi connectivity index (χ1) is 12.0. The molecule has 25 heavy (non-hydrogen) atoms. The molecule has 1 saturated heterocycles. The molecule has 1 heterocycles. The van der Waals surface area contributed by atoms with E-state index in [1.807, 2.05) is 30.3 Å². The third-order valence-corrected chi connectivity index (χ3v) is 4.20. The number of hydrogen-bond acceptors (Lipinski definition) is 5. The highest BCUT2D eigenvalue weighted by Crippen LogP contribution is 2.35. The summed E-state index contributed by atoms with van der Waals surface area (Å²) in [5, 5.41) is 29.7. The number of rotatable bonds is 4. The number of ether oxygens (including phenoxy) is 1. The molecule has 6 heteroatoms. The van der Waals surface area contributed by atoms with Gasteiger partial charge in [0.1, 0.15) is 29.4 Å². The maximum Gasteiger partial charge on any atom is 0.261 e. The fraction of sp³-hybridized carbons (Fsp3) is 0.316. The number of phenolic OH excluding ortho intramolecular Hbond substituents is 2. The maximum absolute atomic E-state index is 12.8. The molecule has 1 fully saturated rings. The summed E-state index contributed by atoms with van der Waals surface area (Å²) in [4.78, 5) is 14.3. The average molecular weight is 343 g/mol. The Kier molecular flexibility index (Phi) is 5.09. The van der Waals surface area contributed by atoms with Gasteiger partial charge in [-0.1, -0.05) is 30.3 Å². The molecule has 132 valence electrons. The third kappa shape index (κ3) is 4.03. The lowest BCUT2D eigenvalue weighted by Gasteiger charge is -2.30.